The SMILES string of the molecule is CCNC(=NCc1cc(C#N)ccc1F)NCc1ccc(C)s1. The molecule has 2 N–H and O–H groups in total. The molecule has 0 amide bonds. The molecular weight excluding hydrogens is 311 g/mol. The zero-order valence-corrected chi connectivity index (χ0v) is 14.0. The maximum Gasteiger partial charge on any atom is 0.191 e. The molecule has 23 heavy (non-hydrogen) atoms. The summed E-state index contributed by atoms with van der Waals surface area (Å²) in [6.07, 6.45) is 0. The topological polar surface area (TPSA) is 60.2 Å². The zero-order chi connectivity index (χ0) is 16.7. The van der Waals surface area contributed by atoms with Gasteiger partial charge < -0.3 is 10.6 Å². The van der Waals surface area contributed by atoms with Gasteiger partial charge in [0.25, 0.3) is 0 Å². The van der Waals surface area contributed by atoms with Crippen molar-refractivity contribution >= 4 is 17.3 Å². The van der Waals surface area contributed by atoms with E-state index >= 15 is 0 Å². The van der Waals surface area contributed by atoms with Crippen LogP contribution in [0.3, 0.4) is 0 Å². The largest absolute Gasteiger partial charge is 0.357 e. The minimum atomic E-state index is -0.350. The summed E-state index contributed by atoms with van der Waals surface area (Å²) < 4.78 is 13.8. The lowest BCUT2D eigenvalue weighted by Gasteiger charge is -2.10. The highest BCUT2D eigenvalue weighted by Gasteiger charge is 2.05. The zero-order valence-electron chi connectivity index (χ0n) is 13.2. The van der Waals surface area contributed by atoms with E-state index in [4.69, 9.17) is 5.26 Å². The maximum atomic E-state index is 13.8. The van der Waals surface area contributed by atoms with Gasteiger partial charge in [0.05, 0.1) is 24.7 Å². The molecule has 1 heterocycles. The van der Waals surface area contributed by atoms with Crippen molar-refractivity contribution in [3.63, 3.8) is 0 Å². The Bertz CT molecular complexity index is 730. The van der Waals surface area contributed by atoms with Crippen LogP contribution in [0.5, 0.6) is 0 Å². The Hall–Kier alpha value is -2.39. The summed E-state index contributed by atoms with van der Waals surface area (Å²) in [6, 6.07) is 10.5. The highest BCUT2D eigenvalue weighted by Crippen LogP contribution is 2.14. The third-order valence-corrected chi connectivity index (χ3v) is 4.15. The number of rotatable bonds is 5. The first-order valence-electron chi connectivity index (χ1n) is 7.38. The number of guanidine groups is 1. The van der Waals surface area contributed by atoms with Gasteiger partial charge in [0.1, 0.15) is 5.82 Å². The standard InChI is InChI=1S/C17H19FN4S/c1-3-20-17(22-11-15-6-4-12(2)23-15)21-10-14-8-13(9-19)5-7-16(14)18/h4-8H,3,10-11H2,1-2H3,(H2,20,21,22). The molecule has 1 aromatic carbocycles. The lowest BCUT2D eigenvalue weighted by Crippen LogP contribution is -2.36. The number of halogens is 1. The van der Waals surface area contributed by atoms with Crippen LogP contribution in [-0.4, -0.2) is 12.5 Å². The molecule has 0 aliphatic rings. The Balaban J connectivity index is 2.05. The van der Waals surface area contributed by atoms with Crippen molar-refractivity contribution in [2.75, 3.05) is 6.54 Å². The predicted molar refractivity (Wildman–Crippen MR) is 91.8 cm³/mol. The van der Waals surface area contributed by atoms with Gasteiger partial charge in [-0.1, -0.05) is 0 Å². The number of nitriles is 1. The van der Waals surface area contributed by atoms with E-state index in [1.54, 1.807) is 11.3 Å². The van der Waals surface area contributed by atoms with E-state index in [9.17, 15) is 4.39 Å². The first-order chi connectivity index (χ1) is 11.1. The molecule has 0 saturated heterocycles. The van der Waals surface area contributed by atoms with Gasteiger partial charge in [-0.15, -0.1) is 11.3 Å². The minimum Gasteiger partial charge on any atom is -0.357 e. The summed E-state index contributed by atoms with van der Waals surface area (Å²) >= 11 is 1.73. The molecule has 1 aromatic heterocycles. The second-order valence-corrected chi connectivity index (χ2v) is 6.35. The number of thiophene rings is 1. The summed E-state index contributed by atoms with van der Waals surface area (Å²) in [6.45, 7) is 5.61. The van der Waals surface area contributed by atoms with Gasteiger partial charge in [-0.2, -0.15) is 5.26 Å². The summed E-state index contributed by atoms with van der Waals surface area (Å²) in [4.78, 5) is 6.87. The van der Waals surface area contributed by atoms with Crippen molar-refractivity contribution in [2.45, 2.75) is 26.9 Å². The van der Waals surface area contributed by atoms with Gasteiger partial charge >= 0.3 is 0 Å². The van der Waals surface area contributed by atoms with Crippen molar-refractivity contribution < 1.29 is 4.39 Å². The van der Waals surface area contributed by atoms with Crippen LogP contribution >= 0.6 is 11.3 Å². The fourth-order valence-electron chi connectivity index (χ4n) is 2.02. The Labute approximate surface area is 139 Å². The number of nitrogens with zero attached hydrogens (tertiary/aromatic N) is 2. The first-order valence-corrected chi connectivity index (χ1v) is 8.20. The van der Waals surface area contributed by atoms with Crippen LogP contribution in [0, 0.1) is 24.1 Å². The summed E-state index contributed by atoms with van der Waals surface area (Å²) in [7, 11) is 0. The fourth-order valence-corrected chi connectivity index (χ4v) is 2.85. The lowest BCUT2D eigenvalue weighted by molar-refractivity contribution is 0.610. The van der Waals surface area contributed by atoms with Gasteiger partial charge in [0.15, 0.2) is 5.96 Å². The molecule has 2 rings (SSSR count). The van der Waals surface area contributed by atoms with E-state index in [0.717, 1.165) is 6.54 Å². The third kappa shape index (κ3) is 5.08. The molecule has 0 bridgehead atoms. The van der Waals surface area contributed by atoms with Gasteiger partial charge in [-0.05, 0) is 44.2 Å². The highest BCUT2D eigenvalue weighted by atomic mass is 32.1. The third-order valence-electron chi connectivity index (χ3n) is 3.15. The number of nitrogens with one attached hydrogen (secondary N) is 2. The van der Waals surface area contributed by atoms with E-state index in [2.05, 4.69) is 34.7 Å². The van der Waals surface area contributed by atoms with E-state index in [-0.39, 0.29) is 12.4 Å². The Kier molecular flexibility index (Phi) is 6.12. The molecule has 0 fully saturated rings. The van der Waals surface area contributed by atoms with Gasteiger partial charge in [0.2, 0.25) is 0 Å². The van der Waals surface area contributed by atoms with Crippen LogP contribution in [-0.2, 0) is 13.1 Å². The molecule has 0 unspecified atom stereocenters. The van der Waals surface area contributed by atoms with Crippen molar-refractivity contribution in [2.24, 2.45) is 4.99 Å². The normalized spacial score (nSPS) is 11.1. The van der Waals surface area contributed by atoms with Crippen LogP contribution in [0.2, 0.25) is 0 Å². The highest BCUT2D eigenvalue weighted by molar-refractivity contribution is 7.11. The van der Waals surface area contributed by atoms with Crippen LogP contribution < -0.4 is 10.6 Å². The molecule has 6 heteroatoms. The van der Waals surface area contributed by atoms with Crippen molar-refractivity contribution in [1.29, 1.82) is 5.26 Å². The average Bonchev–Trinajstić information content (AvgIpc) is 2.97. The Morgan fingerprint density at radius 3 is 2.78 bits per heavy atom. The van der Waals surface area contributed by atoms with E-state index in [1.165, 1.54) is 28.0 Å². The monoisotopic (exact) mass is 330 g/mol. The summed E-state index contributed by atoms with van der Waals surface area (Å²) in [5.74, 6) is 0.276. The second kappa shape index (κ2) is 8.30. The summed E-state index contributed by atoms with van der Waals surface area (Å²) in [5.41, 5.74) is 0.844. The maximum absolute atomic E-state index is 13.8. The van der Waals surface area contributed by atoms with Gasteiger partial charge in [-0.25, -0.2) is 9.38 Å². The number of hydrogen-bond donors (Lipinski definition) is 2. The molecule has 120 valence electrons. The smallest absolute Gasteiger partial charge is 0.191 e. The molecule has 4 nitrogen and oxygen atoms in total. The number of hydrogen-bond acceptors (Lipinski definition) is 3. The van der Waals surface area contributed by atoms with E-state index in [0.29, 0.717) is 23.6 Å². The molecular formula is C17H19FN4S. The Morgan fingerprint density at radius 2 is 2.13 bits per heavy atom. The minimum absolute atomic E-state index is 0.181. The molecule has 0 aliphatic carbocycles. The molecule has 0 aliphatic heterocycles. The van der Waals surface area contributed by atoms with Crippen LogP contribution in [0.25, 0.3) is 0 Å². The number of benzene rings is 1. The van der Waals surface area contributed by atoms with Crippen molar-refractivity contribution in [3.8, 4) is 6.07 Å². The van der Waals surface area contributed by atoms with E-state index in [1.807, 2.05) is 13.0 Å². The second-order valence-electron chi connectivity index (χ2n) is 4.98. The average molecular weight is 330 g/mol. The molecule has 0 saturated carbocycles. The van der Waals surface area contributed by atoms with Crippen molar-refractivity contribution in [1.82, 2.24) is 10.6 Å². The lowest BCUT2D eigenvalue weighted by atomic mass is 10.1. The molecule has 0 atom stereocenters. The predicted octanol–water partition coefficient (Wildman–Crippen LogP) is 3.32. The van der Waals surface area contributed by atoms with Crippen LogP contribution in [0.4, 0.5) is 4.39 Å². The van der Waals surface area contributed by atoms with E-state index < -0.39 is 0 Å². The summed E-state index contributed by atoms with van der Waals surface area (Å²) in [5, 5.41) is 15.3. The molecule has 0 spiro atoms. The Morgan fingerprint density at radius 1 is 1.30 bits per heavy atom. The van der Waals surface area contributed by atoms with Crippen LogP contribution in [0.1, 0.15) is 27.8 Å². The van der Waals surface area contributed by atoms with Gasteiger partial charge in [-0.3, -0.25) is 0 Å². The molecule has 0 radical (unpaired) electrons. The molecule has 2 aromatic rings. The number of aliphatic imine (C=N–C) groups is 1. The number of aryl methyl sites for hydroxylation is 1. The quantitative estimate of drug-likeness (QED) is 0.653. The first kappa shape index (κ1) is 17.0. The van der Waals surface area contributed by atoms with Crippen molar-refractivity contribution in [3.05, 3.63) is 57.0 Å². The van der Waals surface area contributed by atoms with Crippen LogP contribution in [0.15, 0.2) is 35.3 Å². The van der Waals surface area contributed by atoms with Gasteiger partial charge in [0, 0.05) is 21.9 Å². The fraction of sp³-hybridized carbons (Fsp3) is 0.294.